The maximum Gasteiger partial charge on any atom is 0.327 e. The van der Waals surface area contributed by atoms with E-state index in [2.05, 4.69) is 0 Å². The van der Waals surface area contributed by atoms with Gasteiger partial charge in [0.05, 0.1) is 5.37 Å². The summed E-state index contributed by atoms with van der Waals surface area (Å²) in [6.45, 7) is 2.72. The molecule has 112 valence electrons. The summed E-state index contributed by atoms with van der Waals surface area (Å²) in [5.41, 5.74) is 0. The van der Waals surface area contributed by atoms with Gasteiger partial charge in [-0.05, 0) is 38.5 Å². The molecule has 0 aromatic carbocycles. The lowest BCUT2D eigenvalue weighted by atomic mass is 9.92. The van der Waals surface area contributed by atoms with Gasteiger partial charge in [-0.3, -0.25) is 4.90 Å². The third-order valence-corrected chi connectivity index (χ3v) is 6.19. The van der Waals surface area contributed by atoms with E-state index in [4.69, 9.17) is 0 Å². The van der Waals surface area contributed by atoms with Crippen LogP contribution in [-0.4, -0.2) is 56.7 Å². The molecule has 2 amide bonds. The average Bonchev–Trinajstić information content (AvgIpc) is 3.03. The Kier molecular flexibility index (Phi) is 3.84. The summed E-state index contributed by atoms with van der Waals surface area (Å²) in [7, 11) is 0. The van der Waals surface area contributed by atoms with Crippen molar-refractivity contribution >= 4 is 23.8 Å². The maximum atomic E-state index is 12.8. The highest BCUT2D eigenvalue weighted by atomic mass is 32.2. The third kappa shape index (κ3) is 2.28. The van der Waals surface area contributed by atoms with Gasteiger partial charge < -0.3 is 10.0 Å². The Hall–Kier alpha value is -0.910. The second-order valence-corrected chi connectivity index (χ2v) is 7.42. The molecule has 2 heterocycles. The van der Waals surface area contributed by atoms with Crippen LogP contribution in [0.25, 0.3) is 0 Å². The molecule has 1 N–H and O–H groups in total. The number of carbonyl (C=O) groups is 2. The highest BCUT2D eigenvalue weighted by Crippen LogP contribution is 2.39. The van der Waals surface area contributed by atoms with Crippen LogP contribution in [0.3, 0.4) is 0 Å². The molecule has 0 radical (unpaired) electrons. The lowest BCUT2D eigenvalue weighted by molar-refractivity contribution is -0.141. The first-order chi connectivity index (χ1) is 9.59. The molecular formula is C14H22N2O3S. The summed E-state index contributed by atoms with van der Waals surface area (Å²) < 4.78 is 0. The first-order valence-corrected chi connectivity index (χ1v) is 8.58. The standard InChI is InChI=1S/C14H22N2O3S/c1-9-16(12(8-20-9)13(17)18)14(19)15-7-3-5-10-4-2-6-11(10)15/h9-12H,2-8H2,1H3,(H,17,18). The maximum absolute atomic E-state index is 12.8. The average molecular weight is 298 g/mol. The smallest absolute Gasteiger partial charge is 0.327 e. The van der Waals surface area contributed by atoms with Gasteiger partial charge in [-0.25, -0.2) is 9.59 Å². The molecule has 4 unspecified atom stereocenters. The second-order valence-electron chi connectivity index (χ2n) is 6.07. The van der Waals surface area contributed by atoms with Crippen LogP contribution in [0, 0.1) is 5.92 Å². The van der Waals surface area contributed by atoms with Gasteiger partial charge in [-0.2, -0.15) is 0 Å². The Morgan fingerprint density at radius 3 is 2.70 bits per heavy atom. The minimum absolute atomic E-state index is 0.0367. The van der Waals surface area contributed by atoms with E-state index in [0.29, 0.717) is 17.7 Å². The molecule has 0 aromatic heterocycles. The summed E-state index contributed by atoms with van der Waals surface area (Å²) in [6, 6.07) is -0.362. The Morgan fingerprint density at radius 2 is 1.95 bits per heavy atom. The molecule has 2 aliphatic heterocycles. The molecule has 5 nitrogen and oxygen atoms in total. The van der Waals surface area contributed by atoms with Crippen molar-refractivity contribution in [1.82, 2.24) is 9.80 Å². The molecular weight excluding hydrogens is 276 g/mol. The fourth-order valence-corrected chi connectivity index (χ4v) is 5.12. The second kappa shape index (κ2) is 5.47. The van der Waals surface area contributed by atoms with Gasteiger partial charge >= 0.3 is 12.0 Å². The zero-order chi connectivity index (χ0) is 14.3. The SMILES string of the molecule is CC1SCC(C(=O)O)N1C(=O)N1CCCC2CCCC21. The van der Waals surface area contributed by atoms with Crippen molar-refractivity contribution < 1.29 is 14.7 Å². The van der Waals surface area contributed by atoms with Crippen LogP contribution in [-0.2, 0) is 4.79 Å². The molecule has 20 heavy (non-hydrogen) atoms. The molecule has 0 aromatic rings. The Labute approximate surface area is 123 Å². The number of carbonyl (C=O) groups excluding carboxylic acids is 1. The number of hydrogen-bond acceptors (Lipinski definition) is 3. The van der Waals surface area contributed by atoms with Crippen molar-refractivity contribution in [2.24, 2.45) is 5.92 Å². The minimum atomic E-state index is -0.879. The molecule has 3 rings (SSSR count). The van der Waals surface area contributed by atoms with Gasteiger partial charge in [0.15, 0.2) is 0 Å². The highest BCUT2D eigenvalue weighted by Gasteiger charge is 2.45. The van der Waals surface area contributed by atoms with Crippen molar-refractivity contribution in [1.29, 1.82) is 0 Å². The largest absolute Gasteiger partial charge is 0.480 e. The number of hydrogen-bond donors (Lipinski definition) is 1. The lowest BCUT2D eigenvalue weighted by Gasteiger charge is -2.41. The van der Waals surface area contributed by atoms with Gasteiger partial charge in [-0.15, -0.1) is 11.8 Å². The number of rotatable bonds is 1. The Balaban J connectivity index is 1.78. The van der Waals surface area contributed by atoms with E-state index in [-0.39, 0.29) is 11.4 Å². The molecule has 1 aliphatic carbocycles. The van der Waals surface area contributed by atoms with E-state index in [1.807, 2.05) is 11.8 Å². The van der Waals surface area contributed by atoms with Crippen LogP contribution in [0.5, 0.6) is 0 Å². The molecule has 2 saturated heterocycles. The topological polar surface area (TPSA) is 60.9 Å². The van der Waals surface area contributed by atoms with Crippen LogP contribution in [0.1, 0.15) is 39.0 Å². The zero-order valence-corrected chi connectivity index (χ0v) is 12.6. The van der Waals surface area contributed by atoms with Gasteiger partial charge in [0.25, 0.3) is 0 Å². The van der Waals surface area contributed by atoms with Crippen molar-refractivity contribution in [3.8, 4) is 0 Å². The van der Waals surface area contributed by atoms with Crippen molar-refractivity contribution in [2.75, 3.05) is 12.3 Å². The van der Waals surface area contributed by atoms with Crippen LogP contribution in [0.15, 0.2) is 0 Å². The van der Waals surface area contributed by atoms with Crippen molar-refractivity contribution in [2.45, 2.75) is 56.5 Å². The van der Waals surface area contributed by atoms with E-state index < -0.39 is 12.0 Å². The first-order valence-electron chi connectivity index (χ1n) is 7.53. The number of amides is 2. The normalized spacial score (nSPS) is 37.0. The van der Waals surface area contributed by atoms with Gasteiger partial charge in [0.1, 0.15) is 6.04 Å². The number of carboxylic acids is 1. The quantitative estimate of drug-likeness (QED) is 0.806. The fourth-order valence-electron chi connectivity index (χ4n) is 3.96. The number of aliphatic carboxylic acids is 1. The molecule has 0 bridgehead atoms. The van der Waals surface area contributed by atoms with E-state index in [1.54, 1.807) is 16.7 Å². The number of carboxylic acid groups (broad SMARTS) is 1. The van der Waals surface area contributed by atoms with Crippen LogP contribution >= 0.6 is 11.8 Å². The molecule has 3 aliphatic rings. The third-order valence-electron chi connectivity index (χ3n) is 4.97. The summed E-state index contributed by atoms with van der Waals surface area (Å²) >= 11 is 1.56. The first kappa shape index (κ1) is 14.0. The molecule has 0 spiro atoms. The van der Waals surface area contributed by atoms with Gasteiger partial charge in [0.2, 0.25) is 0 Å². The zero-order valence-electron chi connectivity index (χ0n) is 11.8. The summed E-state index contributed by atoms with van der Waals surface area (Å²) in [4.78, 5) is 27.8. The summed E-state index contributed by atoms with van der Waals surface area (Å²) in [6.07, 6.45) is 5.79. The predicted molar refractivity (Wildman–Crippen MR) is 77.6 cm³/mol. The number of nitrogens with zero attached hydrogens (tertiary/aromatic N) is 2. The highest BCUT2D eigenvalue weighted by molar-refractivity contribution is 8.00. The number of urea groups is 1. The van der Waals surface area contributed by atoms with Gasteiger partial charge in [0, 0.05) is 18.3 Å². The van der Waals surface area contributed by atoms with Crippen LogP contribution < -0.4 is 0 Å². The van der Waals surface area contributed by atoms with E-state index >= 15 is 0 Å². The van der Waals surface area contributed by atoms with Crippen LogP contribution in [0.2, 0.25) is 0 Å². The van der Waals surface area contributed by atoms with Gasteiger partial charge in [-0.1, -0.05) is 6.42 Å². The molecule has 4 atom stereocenters. The van der Waals surface area contributed by atoms with Crippen molar-refractivity contribution in [3.05, 3.63) is 0 Å². The predicted octanol–water partition coefficient (Wildman–Crippen LogP) is 2.22. The van der Waals surface area contributed by atoms with E-state index in [9.17, 15) is 14.7 Å². The summed E-state index contributed by atoms with van der Waals surface area (Å²) in [5.74, 6) is 0.265. The minimum Gasteiger partial charge on any atom is -0.480 e. The monoisotopic (exact) mass is 298 g/mol. The lowest BCUT2D eigenvalue weighted by Crippen LogP contribution is -2.56. The number of likely N-dealkylation sites (tertiary alicyclic amines) is 1. The van der Waals surface area contributed by atoms with Crippen molar-refractivity contribution in [3.63, 3.8) is 0 Å². The Morgan fingerprint density at radius 1 is 1.20 bits per heavy atom. The van der Waals surface area contributed by atoms with E-state index in [0.717, 1.165) is 19.4 Å². The van der Waals surface area contributed by atoms with Crippen LogP contribution in [0.4, 0.5) is 4.79 Å². The number of thioether (sulfide) groups is 1. The number of fused-ring (bicyclic) bond motifs is 1. The molecule has 3 fully saturated rings. The summed E-state index contributed by atoms with van der Waals surface area (Å²) in [5, 5.41) is 9.27. The molecule has 1 saturated carbocycles. The molecule has 6 heteroatoms. The fraction of sp³-hybridized carbons (Fsp3) is 0.857. The Bertz CT molecular complexity index is 417. The number of piperidine rings is 1. The van der Waals surface area contributed by atoms with E-state index in [1.165, 1.54) is 19.3 Å².